The summed E-state index contributed by atoms with van der Waals surface area (Å²) in [5, 5.41) is 0. The van der Waals surface area contributed by atoms with Crippen LogP contribution < -0.4 is 0 Å². The smallest absolute Gasteiger partial charge is 0.293 e. The molecule has 3 nitrogen and oxygen atoms in total. The number of hydrogen-bond donors (Lipinski definition) is 1. The van der Waals surface area contributed by atoms with E-state index in [1.807, 2.05) is 6.20 Å². The molecule has 1 heterocycles. The summed E-state index contributed by atoms with van der Waals surface area (Å²) >= 11 is 0. The molecule has 0 spiro atoms. The monoisotopic (exact) mass is 183 g/mol. The average molecular weight is 183 g/mol. The molecule has 0 bridgehead atoms. The second kappa shape index (κ2) is 6.29. The fourth-order valence-corrected chi connectivity index (χ4v) is 0.797. The lowest BCUT2D eigenvalue weighted by atomic mass is 10.2. The van der Waals surface area contributed by atoms with E-state index in [0.717, 1.165) is 0 Å². The minimum atomic E-state index is 0.431. The van der Waals surface area contributed by atoms with E-state index in [9.17, 15) is 4.79 Å². The zero-order valence-corrected chi connectivity index (χ0v) is 8.68. The molecule has 1 aromatic heterocycles. The minimum Gasteiger partial charge on any atom is -0.468 e. The van der Waals surface area contributed by atoms with E-state index in [1.54, 1.807) is 6.92 Å². The number of nitrogens with one attached hydrogen (secondary N) is 1. The van der Waals surface area contributed by atoms with Gasteiger partial charge in [-0.1, -0.05) is 0 Å². The number of aromatic amines is 1. The molecule has 0 saturated carbocycles. The molecule has 0 fully saturated rings. The molecule has 0 atom stereocenters. The molecule has 0 aliphatic heterocycles. The minimum absolute atomic E-state index is 0.431. The summed E-state index contributed by atoms with van der Waals surface area (Å²) < 4.78 is 4.15. The number of aromatic nitrogens is 1. The lowest BCUT2D eigenvalue weighted by Crippen LogP contribution is -1.80. The van der Waals surface area contributed by atoms with Crippen molar-refractivity contribution >= 4 is 6.47 Å². The summed E-state index contributed by atoms with van der Waals surface area (Å²) in [4.78, 5) is 12.3. The van der Waals surface area contributed by atoms with Gasteiger partial charge in [-0.25, -0.2) is 0 Å². The standard InChI is InChI=1S/C7H11N.C3H6O2/c1-5-4-8-7(3)6(5)2;1-2-5-3-4/h4,8H,1-3H3;3H,2H2,1H3. The largest absolute Gasteiger partial charge is 0.468 e. The molecule has 3 heteroatoms. The Labute approximate surface area is 79.1 Å². The van der Waals surface area contributed by atoms with Gasteiger partial charge < -0.3 is 9.72 Å². The maximum Gasteiger partial charge on any atom is 0.293 e. The van der Waals surface area contributed by atoms with Crippen LogP contribution in [-0.2, 0) is 9.53 Å². The predicted molar refractivity (Wildman–Crippen MR) is 52.7 cm³/mol. The van der Waals surface area contributed by atoms with Crippen LogP contribution in [0.25, 0.3) is 0 Å². The molecule has 13 heavy (non-hydrogen) atoms. The maximum absolute atomic E-state index is 9.18. The van der Waals surface area contributed by atoms with Crippen molar-refractivity contribution < 1.29 is 9.53 Å². The Morgan fingerprint density at radius 3 is 2.15 bits per heavy atom. The first kappa shape index (κ1) is 11.8. The Kier molecular flexibility index (Phi) is 5.68. The summed E-state index contributed by atoms with van der Waals surface area (Å²) in [6.07, 6.45) is 2.03. The number of carbonyl (C=O) groups is 1. The normalized spacial score (nSPS) is 8.62. The molecule has 0 radical (unpaired) electrons. The van der Waals surface area contributed by atoms with Gasteiger partial charge in [0.2, 0.25) is 0 Å². The number of hydrogen-bond acceptors (Lipinski definition) is 2. The number of aryl methyl sites for hydroxylation is 2. The topological polar surface area (TPSA) is 42.1 Å². The SMILES string of the molecule is CCOC=O.Cc1c[nH]c(C)c1C. The van der Waals surface area contributed by atoms with Crippen LogP contribution in [0.5, 0.6) is 0 Å². The molecule has 0 aliphatic rings. The quantitative estimate of drug-likeness (QED) is 0.713. The van der Waals surface area contributed by atoms with Gasteiger partial charge in [-0.2, -0.15) is 0 Å². The van der Waals surface area contributed by atoms with Gasteiger partial charge in [0.1, 0.15) is 0 Å². The van der Waals surface area contributed by atoms with Crippen molar-refractivity contribution in [3.05, 3.63) is 23.0 Å². The lowest BCUT2D eigenvalue weighted by Gasteiger charge is -1.86. The Morgan fingerprint density at radius 1 is 1.46 bits per heavy atom. The summed E-state index contributed by atoms with van der Waals surface area (Å²) in [6, 6.07) is 0. The summed E-state index contributed by atoms with van der Waals surface area (Å²) in [6.45, 7) is 8.99. The van der Waals surface area contributed by atoms with Gasteiger partial charge in [0, 0.05) is 11.9 Å². The van der Waals surface area contributed by atoms with Gasteiger partial charge in [-0.05, 0) is 38.8 Å². The van der Waals surface area contributed by atoms with Crippen molar-refractivity contribution in [3.63, 3.8) is 0 Å². The third kappa shape index (κ3) is 4.35. The Morgan fingerprint density at radius 2 is 2.08 bits per heavy atom. The molecule has 0 saturated heterocycles. The molecule has 0 amide bonds. The highest BCUT2D eigenvalue weighted by Gasteiger charge is 1.94. The zero-order valence-electron chi connectivity index (χ0n) is 8.68. The van der Waals surface area contributed by atoms with Gasteiger partial charge in [0.25, 0.3) is 6.47 Å². The average Bonchev–Trinajstić information content (AvgIpc) is 2.39. The molecule has 0 aliphatic carbocycles. The van der Waals surface area contributed by atoms with Crippen molar-refractivity contribution in [2.75, 3.05) is 6.61 Å². The van der Waals surface area contributed by atoms with Gasteiger partial charge in [-0.15, -0.1) is 0 Å². The van der Waals surface area contributed by atoms with E-state index in [0.29, 0.717) is 13.1 Å². The second-order valence-corrected chi connectivity index (χ2v) is 2.77. The molecule has 1 N–H and O–H groups in total. The maximum atomic E-state index is 9.18. The first-order valence-corrected chi connectivity index (χ1v) is 4.29. The van der Waals surface area contributed by atoms with Crippen LogP contribution in [0.4, 0.5) is 0 Å². The predicted octanol–water partition coefficient (Wildman–Crippen LogP) is 2.12. The van der Waals surface area contributed by atoms with E-state index in [2.05, 4.69) is 30.5 Å². The number of rotatable bonds is 2. The highest BCUT2D eigenvalue weighted by molar-refractivity contribution is 5.36. The van der Waals surface area contributed by atoms with Gasteiger partial charge >= 0.3 is 0 Å². The highest BCUT2D eigenvalue weighted by Crippen LogP contribution is 2.08. The van der Waals surface area contributed by atoms with Crippen molar-refractivity contribution in [2.24, 2.45) is 0 Å². The van der Waals surface area contributed by atoms with Gasteiger partial charge in [0.05, 0.1) is 6.61 Å². The van der Waals surface area contributed by atoms with E-state index in [1.165, 1.54) is 16.8 Å². The van der Waals surface area contributed by atoms with Crippen molar-refractivity contribution in [1.29, 1.82) is 0 Å². The van der Waals surface area contributed by atoms with Crippen LogP contribution in [0.15, 0.2) is 6.20 Å². The van der Waals surface area contributed by atoms with Crippen LogP contribution in [0.1, 0.15) is 23.7 Å². The lowest BCUT2D eigenvalue weighted by molar-refractivity contribution is -0.128. The van der Waals surface area contributed by atoms with Crippen LogP contribution in [0, 0.1) is 20.8 Å². The first-order valence-electron chi connectivity index (χ1n) is 4.29. The Bertz CT molecular complexity index is 234. The fourth-order valence-electron chi connectivity index (χ4n) is 0.797. The molecule has 74 valence electrons. The fraction of sp³-hybridized carbons (Fsp3) is 0.500. The zero-order chi connectivity index (χ0) is 10.3. The molecule has 0 aromatic carbocycles. The van der Waals surface area contributed by atoms with Crippen molar-refractivity contribution in [1.82, 2.24) is 4.98 Å². The summed E-state index contributed by atoms with van der Waals surface area (Å²) in [7, 11) is 0. The Balaban J connectivity index is 0.000000252. The molecule has 1 rings (SSSR count). The van der Waals surface area contributed by atoms with Crippen molar-refractivity contribution in [3.8, 4) is 0 Å². The molecular formula is C10H17NO2. The third-order valence-corrected chi connectivity index (χ3v) is 1.89. The van der Waals surface area contributed by atoms with Crippen molar-refractivity contribution in [2.45, 2.75) is 27.7 Å². The number of carbonyl (C=O) groups excluding carboxylic acids is 1. The molecule has 0 unspecified atom stereocenters. The van der Waals surface area contributed by atoms with Crippen LogP contribution in [-0.4, -0.2) is 18.1 Å². The highest BCUT2D eigenvalue weighted by atomic mass is 16.5. The third-order valence-electron chi connectivity index (χ3n) is 1.89. The van der Waals surface area contributed by atoms with E-state index in [-0.39, 0.29) is 0 Å². The number of H-pyrrole nitrogens is 1. The molecule has 1 aromatic rings. The molecular weight excluding hydrogens is 166 g/mol. The summed E-state index contributed by atoms with van der Waals surface area (Å²) in [5.41, 5.74) is 4.01. The van der Waals surface area contributed by atoms with Crippen LogP contribution in [0.3, 0.4) is 0 Å². The van der Waals surface area contributed by atoms with Gasteiger partial charge in [-0.3, -0.25) is 4.79 Å². The second-order valence-electron chi connectivity index (χ2n) is 2.77. The summed E-state index contributed by atoms with van der Waals surface area (Å²) in [5.74, 6) is 0. The van der Waals surface area contributed by atoms with E-state index in [4.69, 9.17) is 0 Å². The van der Waals surface area contributed by atoms with E-state index >= 15 is 0 Å². The van der Waals surface area contributed by atoms with E-state index < -0.39 is 0 Å². The van der Waals surface area contributed by atoms with Crippen LogP contribution >= 0.6 is 0 Å². The Hall–Kier alpha value is -1.25. The first-order chi connectivity index (χ1) is 6.13. The van der Waals surface area contributed by atoms with Crippen LogP contribution in [0.2, 0.25) is 0 Å². The van der Waals surface area contributed by atoms with Gasteiger partial charge in [0.15, 0.2) is 0 Å². The number of ether oxygens (including phenoxy) is 1.